The van der Waals surface area contributed by atoms with E-state index in [1.807, 2.05) is 46.8 Å². The number of rotatable bonds is 2. The van der Waals surface area contributed by atoms with Gasteiger partial charge in [-0.3, -0.25) is 0 Å². The number of aliphatic hydroxyl groups is 1. The number of hydrogen-bond donors (Lipinski definition) is 1. The minimum absolute atomic E-state index is 0.305. The molecule has 2 heterocycles. The average Bonchev–Trinajstić information content (AvgIpc) is 3.08. The van der Waals surface area contributed by atoms with Gasteiger partial charge in [0.05, 0.1) is 12.6 Å². The van der Waals surface area contributed by atoms with Gasteiger partial charge < -0.3 is 29.0 Å². The van der Waals surface area contributed by atoms with Crippen LogP contribution < -0.4 is 4.74 Å². The third kappa shape index (κ3) is 4.22. The van der Waals surface area contributed by atoms with Gasteiger partial charge in [-0.1, -0.05) is 12.1 Å². The molecule has 2 fully saturated rings. The molecule has 0 unspecified atom stereocenters. The molecule has 1 aromatic carbocycles. The topological polar surface area (TPSA) is 77.5 Å². The van der Waals surface area contributed by atoms with Crippen molar-refractivity contribution in [2.24, 2.45) is 0 Å². The summed E-state index contributed by atoms with van der Waals surface area (Å²) in [7, 11) is 0. The lowest BCUT2D eigenvalue weighted by molar-refractivity contribution is -0.170. The molecule has 1 N–H and O–H groups in total. The van der Waals surface area contributed by atoms with E-state index in [1.165, 1.54) is 5.56 Å². The van der Waals surface area contributed by atoms with Crippen molar-refractivity contribution in [1.29, 1.82) is 0 Å². The number of hydrogen-bond acceptors (Lipinski definition) is 6. The Hall–Kier alpha value is -1.83. The van der Waals surface area contributed by atoms with Gasteiger partial charge in [0.1, 0.15) is 29.7 Å². The Bertz CT molecular complexity index is 786. The minimum Gasteiger partial charge on any atom is -0.487 e. The second-order valence-corrected chi connectivity index (χ2v) is 9.57. The largest absolute Gasteiger partial charge is 0.487 e. The maximum atomic E-state index is 12.5. The van der Waals surface area contributed by atoms with Crippen LogP contribution in [-0.4, -0.2) is 58.4 Å². The summed E-state index contributed by atoms with van der Waals surface area (Å²) in [6.07, 6.45) is -0.745. The number of fused-ring (bicyclic) bond motifs is 2. The van der Waals surface area contributed by atoms with Crippen LogP contribution in [-0.2, 0) is 27.2 Å². The Balaban J connectivity index is 1.52. The molecule has 4 rings (SSSR count). The van der Waals surface area contributed by atoms with Crippen molar-refractivity contribution in [3.05, 3.63) is 29.3 Å². The van der Waals surface area contributed by atoms with Crippen LogP contribution in [0.4, 0.5) is 4.79 Å². The predicted octanol–water partition coefficient (Wildman–Crippen LogP) is 3.01. The fourth-order valence-electron chi connectivity index (χ4n) is 4.33. The molecule has 1 aromatic rings. The summed E-state index contributed by atoms with van der Waals surface area (Å²) in [4.78, 5) is 14.3. The SMILES string of the molecule is CC(C)(C)OC(=O)N1CCc2cccc(O[C@H]3C[C@@H](O)[C@@H]4OC(C)(C)O[C@@H]43)c2C1. The highest BCUT2D eigenvalue weighted by Gasteiger charge is 2.55. The highest BCUT2D eigenvalue weighted by atomic mass is 16.8. The van der Waals surface area contributed by atoms with Crippen molar-refractivity contribution in [2.45, 2.75) is 89.8 Å². The lowest BCUT2D eigenvalue weighted by Gasteiger charge is -2.32. The van der Waals surface area contributed by atoms with Gasteiger partial charge in [-0.2, -0.15) is 0 Å². The summed E-state index contributed by atoms with van der Waals surface area (Å²) in [5, 5.41) is 10.4. The van der Waals surface area contributed by atoms with E-state index in [9.17, 15) is 9.90 Å². The maximum Gasteiger partial charge on any atom is 0.410 e. The fraction of sp³-hybridized carbons (Fsp3) is 0.682. The number of nitrogens with zero attached hydrogens (tertiary/aromatic N) is 1. The first-order chi connectivity index (χ1) is 13.5. The van der Waals surface area contributed by atoms with Gasteiger partial charge in [0.2, 0.25) is 0 Å². The van der Waals surface area contributed by atoms with Crippen molar-refractivity contribution in [3.63, 3.8) is 0 Å². The minimum atomic E-state index is -0.734. The van der Waals surface area contributed by atoms with E-state index < -0.39 is 17.5 Å². The van der Waals surface area contributed by atoms with E-state index in [1.54, 1.807) is 4.90 Å². The standard InChI is InChI=1S/C22H31NO6/c1-21(2,3)29-20(25)23-10-9-13-7-6-8-16(14(13)12-23)26-17-11-15(24)18-19(17)28-22(4,5)27-18/h6-8,15,17-19,24H,9-12H2,1-5H3/t15-,17+,18+,19-/m1/s1. The highest BCUT2D eigenvalue weighted by molar-refractivity contribution is 5.69. The highest BCUT2D eigenvalue weighted by Crippen LogP contribution is 2.41. The maximum absolute atomic E-state index is 12.5. The summed E-state index contributed by atoms with van der Waals surface area (Å²) in [5.74, 6) is -0.0102. The number of amides is 1. The lowest BCUT2D eigenvalue weighted by Crippen LogP contribution is -2.40. The van der Waals surface area contributed by atoms with E-state index in [2.05, 4.69) is 6.07 Å². The van der Waals surface area contributed by atoms with E-state index in [4.69, 9.17) is 18.9 Å². The second kappa shape index (κ2) is 7.15. The molecule has 2 aliphatic heterocycles. The molecule has 1 saturated carbocycles. The molecular weight excluding hydrogens is 374 g/mol. The molecule has 7 heteroatoms. The first-order valence-electron chi connectivity index (χ1n) is 10.3. The van der Waals surface area contributed by atoms with Gasteiger partial charge in [-0.25, -0.2) is 4.79 Å². The molecule has 4 atom stereocenters. The van der Waals surface area contributed by atoms with Crippen LogP contribution in [0, 0.1) is 0 Å². The first kappa shape index (κ1) is 20.4. The Morgan fingerprint density at radius 2 is 1.97 bits per heavy atom. The molecule has 1 amide bonds. The second-order valence-electron chi connectivity index (χ2n) is 9.57. The fourth-order valence-corrected chi connectivity index (χ4v) is 4.33. The van der Waals surface area contributed by atoms with Crippen molar-refractivity contribution >= 4 is 6.09 Å². The van der Waals surface area contributed by atoms with Gasteiger partial charge in [0.25, 0.3) is 0 Å². The summed E-state index contributed by atoms with van der Waals surface area (Å²) in [5.41, 5.74) is 1.62. The molecule has 0 aromatic heterocycles. The molecule has 1 saturated heterocycles. The molecule has 3 aliphatic rings. The van der Waals surface area contributed by atoms with Crippen LogP contribution in [0.2, 0.25) is 0 Å². The molecule has 160 valence electrons. The van der Waals surface area contributed by atoms with Gasteiger partial charge >= 0.3 is 6.09 Å². The molecule has 0 radical (unpaired) electrons. The smallest absolute Gasteiger partial charge is 0.410 e. The molecule has 29 heavy (non-hydrogen) atoms. The Morgan fingerprint density at radius 1 is 1.24 bits per heavy atom. The van der Waals surface area contributed by atoms with E-state index >= 15 is 0 Å². The average molecular weight is 405 g/mol. The number of benzene rings is 1. The monoisotopic (exact) mass is 405 g/mol. The lowest BCUT2D eigenvalue weighted by atomic mass is 9.99. The van der Waals surface area contributed by atoms with E-state index in [0.29, 0.717) is 19.5 Å². The third-order valence-electron chi connectivity index (χ3n) is 5.54. The molecule has 7 nitrogen and oxygen atoms in total. The number of aliphatic hydroxyl groups excluding tert-OH is 1. The molecule has 1 aliphatic carbocycles. The van der Waals surface area contributed by atoms with Crippen LogP contribution in [0.25, 0.3) is 0 Å². The van der Waals surface area contributed by atoms with Crippen molar-refractivity contribution in [2.75, 3.05) is 6.54 Å². The van der Waals surface area contributed by atoms with Crippen molar-refractivity contribution < 1.29 is 28.8 Å². The molecular formula is C22H31NO6. The Morgan fingerprint density at radius 3 is 2.69 bits per heavy atom. The van der Waals surface area contributed by atoms with Crippen LogP contribution in [0.15, 0.2) is 18.2 Å². The van der Waals surface area contributed by atoms with Gasteiger partial charge in [0, 0.05) is 18.5 Å². The van der Waals surface area contributed by atoms with Gasteiger partial charge in [0.15, 0.2) is 5.79 Å². The zero-order chi connectivity index (χ0) is 21.0. The quantitative estimate of drug-likeness (QED) is 0.815. The zero-order valence-corrected chi connectivity index (χ0v) is 17.8. The Kier molecular flexibility index (Phi) is 5.04. The van der Waals surface area contributed by atoms with Crippen molar-refractivity contribution in [3.8, 4) is 5.75 Å². The molecule has 0 spiro atoms. The van der Waals surface area contributed by atoms with Crippen molar-refractivity contribution in [1.82, 2.24) is 4.90 Å². The molecule has 0 bridgehead atoms. The van der Waals surface area contributed by atoms with Crippen LogP contribution in [0.3, 0.4) is 0 Å². The summed E-state index contributed by atoms with van der Waals surface area (Å²) < 4.78 is 23.7. The predicted molar refractivity (Wildman–Crippen MR) is 106 cm³/mol. The number of carbonyl (C=O) groups is 1. The number of carbonyl (C=O) groups excluding carboxylic acids is 1. The first-order valence-corrected chi connectivity index (χ1v) is 10.3. The third-order valence-corrected chi connectivity index (χ3v) is 5.54. The van der Waals surface area contributed by atoms with Crippen LogP contribution in [0.5, 0.6) is 5.75 Å². The number of ether oxygens (including phenoxy) is 4. The van der Waals surface area contributed by atoms with Crippen LogP contribution in [0.1, 0.15) is 52.2 Å². The summed E-state index contributed by atoms with van der Waals surface area (Å²) in [6, 6.07) is 5.95. The normalized spacial score (nSPS) is 30.6. The van der Waals surface area contributed by atoms with E-state index in [0.717, 1.165) is 17.7 Å². The van der Waals surface area contributed by atoms with Gasteiger partial charge in [-0.05, 0) is 52.7 Å². The summed E-state index contributed by atoms with van der Waals surface area (Å²) >= 11 is 0. The van der Waals surface area contributed by atoms with E-state index in [-0.39, 0.29) is 24.4 Å². The Labute approximate surface area is 171 Å². The zero-order valence-electron chi connectivity index (χ0n) is 17.8. The summed E-state index contributed by atoms with van der Waals surface area (Å²) in [6.45, 7) is 10.3. The van der Waals surface area contributed by atoms with Gasteiger partial charge in [-0.15, -0.1) is 0 Å². The van der Waals surface area contributed by atoms with Crippen LogP contribution >= 0.6 is 0 Å².